The number of benzene rings is 2. The zero-order chi connectivity index (χ0) is 23.4. The Labute approximate surface area is 200 Å². The largest absolute Gasteiger partial charge is 0.494 e. The van der Waals surface area contributed by atoms with E-state index in [4.69, 9.17) is 20.8 Å². The fourth-order valence-corrected chi connectivity index (χ4v) is 5.16. The van der Waals surface area contributed by atoms with Gasteiger partial charge in [0.25, 0.3) is 5.91 Å². The van der Waals surface area contributed by atoms with Gasteiger partial charge in [-0.3, -0.25) is 4.79 Å². The van der Waals surface area contributed by atoms with Crippen molar-refractivity contribution in [2.75, 3.05) is 11.5 Å². The van der Waals surface area contributed by atoms with Gasteiger partial charge in [0, 0.05) is 15.6 Å². The van der Waals surface area contributed by atoms with E-state index in [0.717, 1.165) is 4.88 Å². The lowest BCUT2D eigenvalue weighted by atomic mass is 10.2. The Morgan fingerprint density at radius 3 is 2.39 bits per heavy atom. The summed E-state index contributed by atoms with van der Waals surface area (Å²) in [6.45, 7) is 2.74. The smallest absolute Gasteiger partial charge is 0.294 e. The molecule has 0 atom stereocenters. The molecule has 2 aromatic carbocycles. The fraction of sp³-hybridized carbons (Fsp3) is 0.125. The summed E-state index contributed by atoms with van der Waals surface area (Å²) < 4.78 is 36.8. The van der Waals surface area contributed by atoms with Gasteiger partial charge in [0.05, 0.1) is 18.0 Å². The van der Waals surface area contributed by atoms with Crippen molar-refractivity contribution in [3.63, 3.8) is 0 Å². The minimum absolute atomic E-state index is 0.0298. The molecule has 0 radical (unpaired) electrons. The number of amides is 1. The first-order valence-corrected chi connectivity index (χ1v) is 12.8. The lowest BCUT2D eigenvalue weighted by molar-refractivity contribution is 0.0953. The molecule has 2 aromatic heterocycles. The number of anilines is 1. The first kappa shape index (κ1) is 23.1. The van der Waals surface area contributed by atoms with Gasteiger partial charge in [-0.05, 0) is 79.0 Å². The molecule has 2 heterocycles. The molecule has 0 N–H and O–H groups in total. The van der Waals surface area contributed by atoms with Crippen LogP contribution >= 0.6 is 22.9 Å². The first-order valence-electron chi connectivity index (χ1n) is 10.1. The van der Waals surface area contributed by atoms with Crippen LogP contribution in [0.5, 0.6) is 5.75 Å². The molecule has 0 saturated heterocycles. The molecule has 1 amide bonds. The minimum atomic E-state index is -3.93. The molecule has 0 aliphatic rings. The third-order valence-electron chi connectivity index (χ3n) is 4.78. The summed E-state index contributed by atoms with van der Waals surface area (Å²) in [6, 6.07) is 19.4. The van der Waals surface area contributed by atoms with E-state index in [1.165, 1.54) is 47.7 Å². The molecule has 0 aliphatic carbocycles. The summed E-state index contributed by atoms with van der Waals surface area (Å²) in [5.41, 5.74) is 0.635. The van der Waals surface area contributed by atoms with E-state index in [9.17, 15) is 13.2 Å². The lowest BCUT2D eigenvalue weighted by Gasteiger charge is -2.21. The number of carbonyl (C=O) groups excluding carboxylic acids is 1. The van der Waals surface area contributed by atoms with Crippen LogP contribution < -0.4 is 9.64 Å². The maximum atomic E-state index is 13.4. The summed E-state index contributed by atoms with van der Waals surface area (Å²) in [4.78, 5) is 15.9. The van der Waals surface area contributed by atoms with Crippen LogP contribution in [-0.2, 0) is 16.4 Å². The van der Waals surface area contributed by atoms with Crippen molar-refractivity contribution >= 4 is 44.4 Å². The van der Waals surface area contributed by atoms with E-state index in [2.05, 4.69) is 0 Å². The highest BCUT2D eigenvalue weighted by molar-refractivity contribution is 7.91. The van der Waals surface area contributed by atoms with Crippen molar-refractivity contribution in [3.05, 3.63) is 93.8 Å². The van der Waals surface area contributed by atoms with Crippen molar-refractivity contribution in [1.29, 1.82) is 0 Å². The number of thiophene rings is 1. The van der Waals surface area contributed by atoms with E-state index in [1.54, 1.807) is 29.2 Å². The summed E-state index contributed by atoms with van der Waals surface area (Å²) in [5, 5.41) is 2.04. The normalized spacial score (nSPS) is 11.3. The number of halogens is 1. The fourth-order valence-electron chi connectivity index (χ4n) is 3.17. The van der Waals surface area contributed by atoms with Crippen LogP contribution in [0.3, 0.4) is 0 Å². The van der Waals surface area contributed by atoms with Gasteiger partial charge in [-0.15, -0.1) is 11.3 Å². The van der Waals surface area contributed by atoms with Crippen molar-refractivity contribution in [2.45, 2.75) is 23.5 Å². The van der Waals surface area contributed by atoms with Gasteiger partial charge < -0.3 is 14.1 Å². The summed E-state index contributed by atoms with van der Waals surface area (Å²) in [5.74, 6) is 0.164. The van der Waals surface area contributed by atoms with Crippen LogP contribution in [0.2, 0.25) is 5.02 Å². The average molecular weight is 502 g/mol. The summed E-state index contributed by atoms with van der Waals surface area (Å²) in [7, 11) is -3.93. The van der Waals surface area contributed by atoms with Crippen LogP contribution in [0, 0.1) is 0 Å². The van der Waals surface area contributed by atoms with E-state index < -0.39 is 15.7 Å². The molecule has 6 nitrogen and oxygen atoms in total. The number of hydrogen-bond acceptors (Lipinski definition) is 6. The van der Waals surface area contributed by atoms with Crippen LogP contribution in [-0.4, -0.2) is 20.9 Å². The molecule has 4 rings (SSSR count). The Balaban J connectivity index is 1.65. The van der Waals surface area contributed by atoms with Gasteiger partial charge in [0.2, 0.25) is 14.9 Å². The molecule has 0 spiro atoms. The second-order valence-corrected chi connectivity index (χ2v) is 10.3. The molecule has 0 bridgehead atoms. The van der Waals surface area contributed by atoms with Crippen molar-refractivity contribution in [1.82, 2.24) is 0 Å². The predicted octanol–water partition coefficient (Wildman–Crippen LogP) is 6.07. The van der Waals surface area contributed by atoms with Gasteiger partial charge in [-0.2, -0.15) is 0 Å². The molecule has 33 heavy (non-hydrogen) atoms. The van der Waals surface area contributed by atoms with Gasteiger partial charge in [0.1, 0.15) is 5.75 Å². The lowest BCUT2D eigenvalue weighted by Crippen LogP contribution is -2.29. The van der Waals surface area contributed by atoms with Crippen molar-refractivity contribution in [2.24, 2.45) is 0 Å². The number of sulfone groups is 1. The molecule has 0 aliphatic heterocycles. The monoisotopic (exact) mass is 501 g/mol. The number of rotatable bonds is 8. The molecule has 0 unspecified atom stereocenters. The second-order valence-electron chi connectivity index (χ2n) is 6.97. The maximum absolute atomic E-state index is 13.4. The number of hydrogen-bond donors (Lipinski definition) is 0. The third kappa shape index (κ3) is 5.13. The molecule has 170 valence electrons. The van der Waals surface area contributed by atoms with E-state index in [0.29, 0.717) is 29.6 Å². The minimum Gasteiger partial charge on any atom is -0.494 e. The van der Waals surface area contributed by atoms with Gasteiger partial charge in [-0.1, -0.05) is 17.7 Å². The zero-order valence-corrected chi connectivity index (χ0v) is 20.0. The molecule has 0 fully saturated rings. The molecule has 9 heteroatoms. The first-order chi connectivity index (χ1) is 15.9. The highest BCUT2D eigenvalue weighted by Crippen LogP contribution is 2.28. The number of nitrogens with zero attached hydrogens (tertiary/aromatic N) is 1. The van der Waals surface area contributed by atoms with E-state index in [1.807, 2.05) is 24.4 Å². The quantitative estimate of drug-likeness (QED) is 0.292. The van der Waals surface area contributed by atoms with Crippen LogP contribution in [0.1, 0.15) is 22.4 Å². The van der Waals surface area contributed by atoms with Gasteiger partial charge in [-0.25, -0.2) is 8.42 Å². The van der Waals surface area contributed by atoms with Gasteiger partial charge >= 0.3 is 0 Å². The number of carbonyl (C=O) groups is 1. The molecular formula is C24H20ClNO5S2. The topological polar surface area (TPSA) is 76.8 Å². The highest BCUT2D eigenvalue weighted by atomic mass is 35.5. The van der Waals surface area contributed by atoms with E-state index >= 15 is 0 Å². The number of ether oxygens (including phenoxy) is 1. The SMILES string of the molecule is CCOc1ccc(N(Cc2cccs2)C(=O)c2ccc(S(=O)(=O)c3ccc(Cl)cc3)o2)cc1. The third-order valence-corrected chi connectivity index (χ3v) is 7.53. The predicted molar refractivity (Wildman–Crippen MR) is 128 cm³/mol. The Kier molecular flexibility index (Phi) is 6.88. The van der Waals surface area contributed by atoms with E-state index in [-0.39, 0.29) is 15.7 Å². The average Bonchev–Trinajstić information content (AvgIpc) is 3.51. The Hall–Kier alpha value is -3.07. The number of furan rings is 1. The Morgan fingerprint density at radius 2 is 1.76 bits per heavy atom. The summed E-state index contributed by atoms with van der Waals surface area (Å²) in [6.07, 6.45) is 0. The second kappa shape index (κ2) is 9.82. The summed E-state index contributed by atoms with van der Waals surface area (Å²) >= 11 is 7.38. The Bertz CT molecular complexity index is 1330. The highest BCUT2D eigenvalue weighted by Gasteiger charge is 2.27. The van der Waals surface area contributed by atoms with Crippen LogP contribution in [0.15, 0.2) is 92.6 Å². The maximum Gasteiger partial charge on any atom is 0.294 e. The Morgan fingerprint density at radius 1 is 1.03 bits per heavy atom. The zero-order valence-electron chi connectivity index (χ0n) is 17.6. The molecule has 4 aromatic rings. The standard InChI is InChI=1S/C24H20ClNO5S2/c1-2-30-19-9-7-18(8-10-19)26(16-20-4-3-15-32-20)24(27)22-13-14-23(31-22)33(28,29)21-11-5-17(25)6-12-21/h3-15H,2,16H2,1H3. The van der Waals surface area contributed by atoms with Crippen molar-refractivity contribution < 1.29 is 22.4 Å². The molecular weight excluding hydrogens is 482 g/mol. The molecule has 0 saturated carbocycles. The van der Waals surface area contributed by atoms with Gasteiger partial charge in [0.15, 0.2) is 5.76 Å². The van der Waals surface area contributed by atoms with Crippen LogP contribution in [0.25, 0.3) is 0 Å². The van der Waals surface area contributed by atoms with Crippen LogP contribution in [0.4, 0.5) is 5.69 Å². The van der Waals surface area contributed by atoms with Crippen molar-refractivity contribution in [3.8, 4) is 5.75 Å².